The van der Waals surface area contributed by atoms with Gasteiger partial charge in [0, 0.05) is 6.42 Å². The second-order valence-electron chi connectivity index (χ2n) is 4.59. The van der Waals surface area contributed by atoms with Crippen molar-refractivity contribution in [2.45, 2.75) is 32.4 Å². The number of rotatable bonds is 5. The summed E-state index contributed by atoms with van der Waals surface area (Å²) < 4.78 is 41.2. The Morgan fingerprint density at radius 2 is 1.90 bits per heavy atom. The van der Waals surface area contributed by atoms with Gasteiger partial charge >= 0.3 is 6.18 Å². The first-order chi connectivity index (χ1) is 9.91. The molecule has 0 aliphatic heterocycles. The summed E-state index contributed by atoms with van der Waals surface area (Å²) in [4.78, 5) is 12.7. The van der Waals surface area contributed by atoms with E-state index in [1.54, 1.807) is 0 Å². The summed E-state index contributed by atoms with van der Waals surface area (Å²) in [5.74, 6) is -0.159. The summed E-state index contributed by atoms with van der Waals surface area (Å²) in [6, 6.07) is 4.63. The van der Waals surface area contributed by atoms with Crippen molar-refractivity contribution in [3.8, 4) is 0 Å². The molecule has 0 aliphatic carbocycles. The first-order valence-corrected chi connectivity index (χ1v) is 7.19. The van der Waals surface area contributed by atoms with Crippen LogP contribution in [0.2, 0.25) is 0 Å². The summed E-state index contributed by atoms with van der Waals surface area (Å²) >= 11 is 1.03. The number of Topliss-reactive ketones (excluding diaryl/α,β-unsaturated/α-hetero) is 1. The van der Waals surface area contributed by atoms with Crippen molar-refractivity contribution in [2.24, 2.45) is 0 Å². The van der Waals surface area contributed by atoms with Crippen LogP contribution in [0.25, 0.3) is 0 Å². The smallest absolute Gasteiger partial charge is 0.293 e. The van der Waals surface area contributed by atoms with E-state index in [4.69, 9.17) is 0 Å². The van der Waals surface area contributed by atoms with Gasteiger partial charge < -0.3 is 0 Å². The maximum Gasteiger partial charge on any atom is 0.416 e. The molecular formula is C14H13F3N2OS. The third kappa shape index (κ3) is 3.87. The molecule has 0 amide bonds. The Balaban J connectivity index is 2.11. The van der Waals surface area contributed by atoms with Gasteiger partial charge in [0.1, 0.15) is 4.88 Å². The van der Waals surface area contributed by atoms with Crippen LogP contribution in [0.15, 0.2) is 24.3 Å². The van der Waals surface area contributed by atoms with Gasteiger partial charge in [-0.05, 0) is 35.6 Å². The first kappa shape index (κ1) is 15.6. The highest BCUT2D eigenvalue weighted by atomic mass is 32.1. The van der Waals surface area contributed by atoms with Crippen molar-refractivity contribution in [1.82, 2.24) is 9.59 Å². The molecule has 3 nitrogen and oxygen atoms in total. The van der Waals surface area contributed by atoms with E-state index in [-0.39, 0.29) is 12.2 Å². The minimum atomic E-state index is -4.36. The Hall–Kier alpha value is -1.76. The number of aryl methyl sites for hydroxylation is 1. The summed E-state index contributed by atoms with van der Waals surface area (Å²) in [6.45, 7) is 1.98. The van der Waals surface area contributed by atoms with Gasteiger partial charge in [0.15, 0.2) is 5.78 Å². The Morgan fingerprint density at radius 1 is 1.24 bits per heavy atom. The van der Waals surface area contributed by atoms with Gasteiger partial charge in [-0.3, -0.25) is 4.79 Å². The van der Waals surface area contributed by atoms with E-state index in [1.165, 1.54) is 12.1 Å². The lowest BCUT2D eigenvalue weighted by atomic mass is 10.0. The van der Waals surface area contributed by atoms with E-state index < -0.39 is 11.7 Å². The van der Waals surface area contributed by atoms with Gasteiger partial charge in [0.05, 0.1) is 11.3 Å². The number of aromatic nitrogens is 2. The van der Waals surface area contributed by atoms with Crippen LogP contribution in [0.4, 0.5) is 13.2 Å². The molecule has 0 aliphatic rings. The number of hydrogen-bond acceptors (Lipinski definition) is 4. The van der Waals surface area contributed by atoms with Crippen LogP contribution in [0, 0.1) is 0 Å². The number of halogens is 3. The molecule has 1 aromatic carbocycles. The van der Waals surface area contributed by atoms with Gasteiger partial charge in [-0.1, -0.05) is 30.0 Å². The van der Waals surface area contributed by atoms with Crippen molar-refractivity contribution in [2.75, 3.05) is 0 Å². The number of carbonyl (C=O) groups is 1. The topological polar surface area (TPSA) is 42.9 Å². The maximum absolute atomic E-state index is 12.5. The molecule has 2 aromatic rings. The number of alkyl halides is 3. The van der Waals surface area contributed by atoms with Crippen molar-refractivity contribution in [1.29, 1.82) is 0 Å². The molecule has 0 saturated heterocycles. The quantitative estimate of drug-likeness (QED) is 0.785. The Labute approximate surface area is 124 Å². The zero-order valence-electron chi connectivity index (χ0n) is 11.3. The normalized spacial score (nSPS) is 11.6. The highest BCUT2D eigenvalue weighted by Crippen LogP contribution is 2.29. The fourth-order valence-electron chi connectivity index (χ4n) is 1.90. The molecule has 7 heteroatoms. The van der Waals surface area contributed by atoms with Gasteiger partial charge in [0.2, 0.25) is 0 Å². The van der Waals surface area contributed by atoms with Crippen LogP contribution in [0.3, 0.4) is 0 Å². The lowest BCUT2D eigenvalue weighted by molar-refractivity contribution is -0.137. The monoisotopic (exact) mass is 314 g/mol. The van der Waals surface area contributed by atoms with Crippen molar-refractivity contribution >= 4 is 17.3 Å². The molecule has 0 unspecified atom stereocenters. The fraction of sp³-hybridized carbons (Fsp3) is 0.357. The molecule has 112 valence electrons. The molecule has 0 radical (unpaired) electrons. The Kier molecular flexibility index (Phi) is 4.72. The second-order valence-corrected chi connectivity index (χ2v) is 5.35. The minimum Gasteiger partial charge on any atom is -0.293 e. The molecule has 1 aromatic heterocycles. The number of hydrogen-bond donors (Lipinski definition) is 0. The second kappa shape index (κ2) is 6.34. The zero-order chi connectivity index (χ0) is 15.5. The molecule has 0 N–H and O–H groups in total. The lowest BCUT2D eigenvalue weighted by Gasteiger charge is -2.07. The average molecular weight is 314 g/mol. The maximum atomic E-state index is 12.5. The molecule has 1 heterocycles. The van der Waals surface area contributed by atoms with Crippen LogP contribution in [-0.2, 0) is 19.0 Å². The SMILES string of the molecule is CCCc1nnsc1C(=O)Cc1ccc(C(F)(F)F)cc1. The summed E-state index contributed by atoms with van der Waals surface area (Å²) in [5, 5.41) is 3.91. The van der Waals surface area contributed by atoms with E-state index in [9.17, 15) is 18.0 Å². The third-order valence-electron chi connectivity index (χ3n) is 2.94. The first-order valence-electron chi connectivity index (χ1n) is 6.42. The van der Waals surface area contributed by atoms with Crippen molar-refractivity contribution < 1.29 is 18.0 Å². The third-order valence-corrected chi connectivity index (χ3v) is 3.75. The number of nitrogens with zero attached hydrogens (tertiary/aromatic N) is 2. The standard InChI is InChI=1S/C14H13F3N2OS/c1-2-3-11-13(21-19-18-11)12(20)8-9-4-6-10(7-5-9)14(15,16)17/h4-7H,2-3,8H2,1H3. The van der Waals surface area contributed by atoms with E-state index in [1.807, 2.05) is 6.92 Å². The van der Waals surface area contributed by atoms with E-state index in [0.717, 1.165) is 30.1 Å². The van der Waals surface area contributed by atoms with Gasteiger partial charge in [-0.25, -0.2) is 0 Å². The lowest BCUT2D eigenvalue weighted by Crippen LogP contribution is -2.07. The molecule has 0 atom stereocenters. The predicted molar refractivity (Wildman–Crippen MR) is 73.4 cm³/mol. The van der Waals surface area contributed by atoms with Crippen LogP contribution in [0.5, 0.6) is 0 Å². The van der Waals surface area contributed by atoms with Crippen LogP contribution < -0.4 is 0 Å². The van der Waals surface area contributed by atoms with Crippen LogP contribution in [0.1, 0.15) is 39.8 Å². The predicted octanol–water partition coefficient (Wildman–Crippen LogP) is 3.93. The fourth-order valence-corrected chi connectivity index (χ4v) is 2.54. The van der Waals surface area contributed by atoms with E-state index in [0.29, 0.717) is 22.6 Å². The molecule has 0 saturated carbocycles. The highest BCUT2D eigenvalue weighted by molar-refractivity contribution is 7.08. The van der Waals surface area contributed by atoms with Gasteiger partial charge in [-0.15, -0.1) is 5.10 Å². The molecule has 0 spiro atoms. The largest absolute Gasteiger partial charge is 0.416 e. The van der Waals surface area contributed by atoms with Crippen molar-refractivity contribution in [3.05, 3.63) is 46.0 Å². The van der Waals surface area contributed by atoms with Gasteiger partial charge in [-0.2, -0.15) is 13.2 Å². The van der Waals surface area contributed by atoms with E-state index in [2.05, 4.69) is 9.59 Å². The molecule has 0 bridgehead atoms. The molecule has 21 heavy (non-hydrogen) atoms. The molecular weight excluding hydrogens is 301 g/mol. The Morgan fingerprint density at radius 3 is 2.48 bits per heavy atom. The number of ketones is 1. The van der Waals surface area contributed by atoms with Crippen LogP contribution >= 0.6 is 11.5 Å². The number of benzene rings is 1. The number of carbonyl (C=O) groups excluding carboxylic acids is 1. The molecule has 2 rings (SSSR count). The van der Waals surface area contributed by atoms with Gasteiger partial charge in [0.25, 0.3) is 0 Å². The van der Waals surface area contributed by atoms with Crippen molar-refractivity contribution in [3.63, 3.8) is 0 Å². The highest BCUT2D eigenvalue weighted by Gasteiger charge is 2.30. The molecule has 0 fully saturated rings. The van der Waals surface area contributed by atoms with E-state index >= 15 is 0 Å². The summed E-state index contributed by atoms with van der Waals surface area (Å²) in [5.41, 5.74) is 0.494. The average Bonchev–Trinajstić information content (AvgIpc) is 2.87. The minimum absolute atomic E-state index is 0.0543. The zero-order valence-corrected chi connectivity index (χ0v) is 12.1. The summed E-state index contributed by atoms with van der Waals surface area (Å²) in [7, 11) is 0. The Bertz CT molecular complexity index is 620. The summed E-state index contributed by atoms with van der Waals surface area (Å²) in [6.07, 6.45) is -2.78. The van der Waals surface area contributed by atoms with Crippen LogP contribution in [-0.4, -0.2) is 15.4 Å².